The molecule has 0 unspecified atom stereocenters. The molecule has 3 nitrogen and oxygen atoms in total. The van der Waals surface area contributed by atoms with Crippen molar-refractivity contribution in [2.24, 2.45) is 5.92 Å². The van der Waals surface area contributed by atoms with E-state index < -0.39 is 0 Å². The zero-order chi connectivity index (χ0) is 14.8. The van der Waals surface area contributed by atoms with Crippen LogP contribution in [0.2, 0.25) is 0 Å². The molecule has 0 fully saturated rings. The Kier molecular flexibility index (Phi) is 8.38. The summed E-state index contributed by atoms with van der Waals surface area (Å²) in [5, 5.41) is 6.31. The molecule has 20 heavy (non-hydrogen) atoms. The van der Waals surface area contributed by atoms with Crippen molar-refractivity contribution in [2.75, 3.05) is 18.8 Å². The number of benzene rings is 1. The maximum absolute atomic E-state index is 11.6. The van der Waals surface area contributed by atoms with Crippen LogP contribution in [-0.4, -0.2) is 24.7 Å². The van der Waals surface area contributed by atoms with Crippen LogP contribution < -0.4 is 10.6 Å². The van der Waals surface area contributed by atoms with Gasteiger partial charge >= 0.3 is 0 Å². The first kappa shape index (κ1) is 17.1. The van der Waals surface area contributed by atoms with Gasteiger partial charge in [-0.05, 0) is 36.6 Å². The largest absolute Gasteiger partial charge is 0.355 e. The van der Waals surface area contributed by atoms with Crippen LogP contribution in [-0.2, 0) is 11.3 Å². The lowest BCUT2D eigenvalue weighted by atomic mass is 10.2. The smallest absolute Gasteiger partial charge is 0.230 e. The van der Waals surface area contributed by atoms with Crippen molar-refractivity contribution in [2.45, 2.75) is 38.6 Å². The minimum atomic E-state index is 0.109. The summed E-state index contributed by atoms with van der Waals surface area (Å²) < 4.78 is 0. The van der Waals surface area contributed by atoms with Gasteiger partial charge in [0.05, 0.1) is 5.75 Å². The second-order valence-corrected chi connectivity index (χ2v) is 6.36. The molecule has 0 spiro atoms. The quantitative estimate of drug-likeness (QED) is 0.543. The Morgan fingerprint density at radius 1 is 1.25 bits per heavy atom. The maximum atomic E-state index is 11.6. The molecule has 2 N–H and O–H groups in total. The molecule has 112 valence electrons. The van der Waals surface area contributed by atoms with E-state index in [-0.39, 0.29) is 5.91 Å². The van der Waals surface area contributed by atoms with Crippen LogP contribution in [0.5, 0.6) is 0 Å². The molecule has 0 bridgehead atoms. The number of thioether (sulfide) groups is 1. The molecular weight excluding hydrogens is 268 g/mol. The van der Waals surface area contributed by atoms with Gasteiger partial charge in [-0.3, -0.25) is 4.79 Å². The number of nitrogens with one attached hydrogen (secondary N) is 2. The summed E-state index contributed by atoms with van der Waals surface area (Å²) in [6, 6.07) is 8.42. The fourth-order valence-electron chi connectivity index (χ4n) is 1.63. The Morgan fingerprint density at radius 3 is 2.55 bits per heavy atom. The van der Waals surface area contributed by atoms with Crippen LogP contribution in [0, 0.1) is 5.92 Å². The highest BCUT2D eigenvalue weighted by Crippen LogP contribution is 2.18. The number of carbonyl (C=O) groups is 1. The molecule has 1 amide bonds. The second-order valence-electron chi connectivity index (χ2n) is 5.31. The topological polar surface area (TPSA) is 41.1 Å². The van der Waals surface area contributed by atoms with E-state index in [1.807, 2.05) is 0 Å². The van der Waals surface area contributed by atoms with Gasteiger partial charge in [-0.1, -0.05) is 32.9 Å². The maximum Gasteiger partial charge on any atom is 0.230 e. The van der Waals surface area contributed by atoms with Crippen LogP contribution in [0.1, 0.15) is 32.8 Å². The van der Waals surface area contributed by atoms with Crippen molar-refractivity contribution >= 4 is 17.7 Å². The van der Waals surface area contributed by atoms with Gasteiger partial charge in [0.15, 0.2) is 0 Å². The summed E-state index contributed by atoms with van der Waals surface area (Å²) in [5.74, 6) is 1.09. The highest BCUT2D eigenvalue weighted by Gasteiger charge is 2.03. The summed E-state index contributed by atoms with van der Waals surface area (Å²) in [5.41, 5.74) is 1.28. The Hall–Kier alpha value is -1.00. The summed E-state index contributed by atoms with van der Waals surface area (Å²) in [7, 11) is 0. The first-order chi connectivity index (χ1) is 9.61. The number of rotatable bonds is 9. The summed E-state index contributed by atoms with van der Waals surface area (Å²) >= 11 is 1.58. The molecule has 1 rings (SSSR count). The molecule has 0 aliphatic heterocycles. The number of hydrogen-bond donors (Lipinski definition) is 2. The van der Waals surface area contributed by atoms with E-state index in [9.17, 15) is 4.79 Å². The Balaban J connectivity index is 2.28. The van der Waals surface area contributed by atoms with Gasteiger partial charge in [0.25, 0.3) is 0 Å². The third kappa shape index (κ3) is 7.56. The predicted molar refractivity (Wildman–Crippen MR) is 87.0 cm³/mol. The normalized spacial score (nSPS) is 10.8. The summed E-state index contributed by atoms with van der Waals surface area (Å²) in [6.45, 7) is 9.07. The second kappa shape index (κ2) is 9.83. The first-order valence-corrected chi connectivity index (χ1v) is 8.29. The van der Waals surface area contributed by atoms with Crippen molar-refractivity contribution in [3.8, 4) is 0 Å². The van der Waals surface area contributed by atoms with Crippen LogP contribution in [0.4, 0.5) is 0 Å². The molecule has 0 aliphatic rings. The highest BCUT2D eigenvalue weighted by molar-refractivity contribution is 8.00. The van der Waals surface area contributed by atoms with Gasteiger partial charge in [-0.2, -0.15) is 0 Å². The van der Waals surface area contributed by atoms with E-state index in [4.69, 9.17) is 0 Å². The van der Waals surface area contributed by atoms with Crippen LogP contribution in [0.3, 0.4) is 0 Å². The average molecular weight is 294 g/mol. The standard InChI is InChI=1S/C16H26N2OS/c1-4-9-17-11-14-5-7-15(8-6-14)20-12-16(19)18-10-13(2)3/h5-8,13,17H,4,9-12H2,1-3H3,(H,18,19). The van der Waals surface area contributed by atoms with Crippen LogP contribution >= 0.6 is 11.8 Å². The van der Waals surface area contributed by atoms with E-state index in [0.29, 0.717) is 11.7 Å². The first-order valence-electron chi connectivity index (χ1n) is 7.31. The van der Waals surface area contributed by atoms with Gasteiger partial charge in [0, 0.05) is 18.0 Å². The molecule has 0 heterocycles. The molecule has 0 radical (unpaired) electrons. The molecule has 1 aromatic rings. The zero-order valence-corrected chi connectivity index (χ0v) is 13.6. The van der Waals surface area contributed by atoms with Gasteiger partial charge in [0.2, 0.25) is 5.91 Å². The van der Waals surface area contributed by atoms with Gasteiger partial charge in [-0.15, -0.1) is 11.8 Å². The number of carbonyl (C=O) groups excluding carboxylic acids is 1. The number of amides is 1. The highest BCUT2D eigenvalue weighted by atomic mass is 32.2. The average Bonchev–Trinajstić information content (AvgIpc) is 2.44. The fourth-order valence-corrected chi connectivity index (χ4v) is 2.36. The van der Waals surface area contributed by atoms with E-state index >= 15 is 0 Å². The van der Waals surface area contributed by atoms with Gasteiger partial charge in [-0.25, -0.2) is 0 Å². The van der Waals surface area contributed by atoms with Gasteiger partial charge in [0.1, 0.15) is 0 Å². The monoisotopic (exact) mass is 294 g/mol. The van der Waals surface area contributed by atoms with Crippen molar-refractivity contribution in [1.29, 1.82) is 0 Å². The predicted octanol–water partition coefficient (Wildman–Crippen LogP) is 3.05. The summed E-state index contributed by atoms with van der Waals surface area (Å²) in [6.07, 6.45) is 1.15. The summed E-state index contributed by atoms with van der Waals surface area (Å²) in [4.78, 5) is 12.8. The van der Waals surface area contributed by atoms with Crippen molar-refractivity contribution < 1.29 is 4.79 Å². The third-order valence-corrected chi connectivity index (χ3v) is 3.77. The molecule has 0 saturated carbocycles. The fraction of sp³-hybridized carbons (Fsp3) is 0.562. The van der Waals surface area contributed by atoms with E-state index in [2.05, 4.69) is 55.7 Å². The van der Waals surface area contributed by atoms with E-state index in [1.54, 1.807) is 11.8 Å². The van der Waals surface area contributed by atoms with Crippen molar-refractivity contribution in [3.63, 3.8) is 0 Å². The minimum absolute atomic E-state index is 0.109. The molecule has 4 heteroatoms. The molecule has 0 saturated heterocycles. The minimum Gasteiger partial charge on any atom is -0.355 e. The zero-order valence-electron chi connectivity index (χ0n) is 12.7. The lowest BCUT2D eigenvalue weighted by Gasteiger charge is -2.08. The SMILES string of the molecule is CCCNCc1ccc(SCC(=O)NCC(C)C)cc1. The number of hydrogen-bond acceptors (Lipinski definition) is 3. The van der Waals surface area contributed by atoms with Gasteiger partial charge < -0.3 is 10.6 Å². The Morgan fingerprint density at radius 2 is 1.95 bits per heavy atom. The van der Waals surface area contributed by atoms with Crippen LogP contribution in [0.15, 0.2) is 29.2 Å². The van der Waals surface area contributed by atoms with Crippen LogP contribution in [0.25, 0.3) is 0 Å². The lowest BCUT2D eigenvalue weighted by Crippen LogP contribution is -2.28. The molecular formula is C16H26N2OS. The van der Waals surface area contributed by atoms with E-state index in [0.717, 1.165) is 31.0 Å². The third-order valence-electron chi connectivity index (χ3n) is 2.76. The molecule has 0 aromatic heterocycles. The molecule has 1 aromatic carbocycles. The Bertz CT molecular complexity index is 390. The molecule has 0 aliphatic carbocycles. The van der Waals surface area contributed by atoms with E-state index in [1.165, 1.54) is 5.56 Å². The van der Waals surface area contributed by atoms with Crippen molar-refractivity contribution in [1.82, 2.24) is 10.6 Å². The Labute approximate surface area is 126 Å². The lowest BCUT2D eigenvalue weighted by molar-refractivity contribution is -0.118. The van der Waals surface area contributed by atoms with Crippen molar-refractivity contribution in [3.05, 3.63) is 29.8 Å². The molecule has 0 atom stereocenters.